The summed E-state index contributed by atoms with van der Waals surface area (Å²) in [6.45, 7) is 5.96. The maximum absolute atomic E-state index is 12.9. The largest absolute Gasteiger partial charge is 0.494 e. The van der Waals surface area contributed by atoms with E-state index in [1.165, 1.54) is 37.7 Å². The van der Waals surface area contributed by atoms with Crippen molar-refractivity contribution in [2.45, 2.75) is 70.4 Å². The van der Waals surface area contributed by atoms with Crippen LogP contribution in [0.4, 0.5) is 0 Å². The van der Waals surface area contributed by atoms with E-state index < -0.39 is 0 Å². The summed E-state index contributed by atoms with van der Waals surface area (Å²) >= 11 is 0. The number of piperidine rings is 1. The number of likely N-dealkylation sites (tertiary alicyclic amines) is 1. The minimum atomic E-state index is 0.335. The first-order valence-electron chi connectivity index (χ1n) is 12.6. The van der Waals surface area contributed by atoms with Crippen molar-refractivity contribution in [3.63, 3.8) is 0 Å². The summed E-state index contributed by atoms with van der Waals surface area (Å²) in [6.07, 6.45) is 11.1. The molecule has 1 saturated carbocycles. The van der Waals surface area contributed by atoms with Gasteiger partial charge in [0.15, 0.2) is 0 Å². The number of nitrogens with zero attached hydrogens (tertiary/aromatic N) is 3. The molecule has 3 fully saturated rings. The minimum Gasteiger partial charge on any atom is -0.494 e. The monoisotopic (exact) mass is 441 g/mol. The van der Waals surface area contributed by atoms with Crippen LogP contribution >= 0.6 is 0 Å². The summed E-state index contributed by atoms with van der Waals surface area (Å²) in [7, 11) is 0. The van der Waals surface area contributed by atoms with Crippen molar-refractivity contribution in [1.82, 2.24) is 14.7 Å². The Balaban J connectivity index is 1.20. The predicted octanol–water partition coefficient (Wildman–Crippen LogP) is 3.69. The fraction of sp³-hybridized carbons (Fsp3) is 0.692. The molecular weight excluding hydrogens is 402 g/mol. The molecule has 3 aliphatic rings. The molecule has 1 aliphatic carbocycles. The van der Waals surface area contributed by atoms with Gasteiger partial charge in [-0.3, -0.25) is 14.5 Å². The first-order chi connectivity index (χ1) is 15.7. The lowest BCUT2D eigenvalue weighted by Gasteiger charge is -2.36. The second kappa shape index (κ2) is 11.7. The Labute approximate surface area is 192 Å². The van der Waals surface area contributed by atoms with Crippen LogP contribution in [0.1, 0.15) is 63.4 Å². The molecule has 0 N–H and O–H groups in total. The number of hydrogen-bond acceptors (Lipinski definition) is 4. The van der Waals surface area contributed by atoms with E-state index in [9.17, 15) is 9.59 Å². The molecule has 1 atom stereocenters. The number of piperazine rings is 1. The van der Waals surface area contributed by atoms with Gasteiger partial charge in [0.2, 0.25) is 12.3 Å². The highest BCUT2D eigenvalue weighted by Crippen LogP contribution is 2.30. The van der Waals surface area contributed by atoms with Gasteiger partial charge in [-0.25, -0.2) is 0 Å². The third-order valence-corrected chi connectivity index (χ3v) is 7.49. The van der Waals surface area contributed by atoms with Crippen molar-refractivity contribution >= 4 is 12.3 Å². The van der Waals surface area contributed by atoms with Crippen molar-refractivity contribution in [3.8, 4) is 5.75 Å². The molecule has 32 heavy (non-hydrogen) atoms. The molecule has 4 rings (SSSR count). The highest BCUT2D eigenvalue weighted by molar-refractivity contribution is 5.77. The summed E-state index contributed by atoms with van der Waals surface area (Å²) < 4.78 is 6.05. The molecule has 2 amide bonds. The van der Waals surface area contributed by atoms with Crippen LogP contribution in [0.25, 0.3) is 0 Å². The highest BCUT2D eigenvalue weighted by atomic mass is 16.5. The third kappa shape index (κ3) is 6.47. The fourth-order valence-electron chi connectivity index (χ4n) is 5.50. The van der Waals surface area contributed by atoms with Crippen LogP contribution in [-0.2, 0) is 16.1 Å². The summed E-state index contributed by atoms with van der Waals surface area (Å²) in [5.41, 5.74) is 1.27. The van der Waals surface area contributed by atoms with E-state index in [4.69, 9.17) is 4.74 Å². The van der Waals surface area contributed by atoms with Gasteiger partial charge in [-0.05, 0) is 55.7 Å². The van der Waals surface area contributed by atoms with E-state index in [-0.39, 0.29) is 0 Å². The lowest BCUT2D eigenvalue weighted by atomic mass is 9.97. The molecule has 6 nitrogen and oxygen atoms in total. The molecule has 0 radical (unpaired) electrons. The molecule has 2 saturated heterocycles. The predicted molar refractivity (Wildman–Crippen MR) is 125 cm³/mol. The van der Waals surface area contributed by atoms with Crippen LogP contribution < -0.4 is 4.74 Å². The molecule has 6 heteroatoms. The number of ether oxygens (including phenoxy) is 1. The van der Waals surface area contributed by atoms with Crippen molar-refractivity contribution in [2.75, 3.05) is 39.3 Å². The number of carbonyl (C=O) groups is 2. The van der Waals surface area contributed by atoms with Crippen LogP contribution in [0.5, 0.6) is 5.75 Å². The Morgan fingerprint density at radius 2 is 1.66 bits per heavy atom. The normalized spacial score (nSPS) is 22.8. The first-order valence-corrected chi connectivity index (χ1v) is 12.6. The number of hydrogen-bond donors (Lipinski definition) is 0. The lowest BCUT2D eigenvalue weighted by molar-refractivity contribution is -0.136. The van der Waals surface area contributed by atoms with Crippen LogP contribution in [0.3, 0.4) is 0 Å². The smallest absolute Gasteiger partial charge is 0.223 e. The van der Waals surface area contributed by atoms with Gasteiger partial charge in [-0.2, -0.15) is 0 Å². The van der Waals surface area contributed by atoms with Crippen molar-refractivity contribution in [2.24, 2.45) is 5.92 Å². The van der Waals surface area contributed by atoms with Gasteiger partial charge in [-0.15, -0.1) is 0 Å². The van der Waals surface area contributed by atoms with Crippen LogP contribution in [0, 0.1) is 5.92 Å². The van der Waals surface area contributed by atoms with Gasteiger partial charge in [0.25, 0.3) is 0 Å². The zero-order chi connectivity index (χ0) is 22.2. The average Bonchev–Trinajstić information content (AvgIpc) is 3.34. The number of amides is 2. The van der Waals surface area contributed by atoms with Crippen molar-refractivity contribution < 1.29 is 14.3 Å². The maximum Gasteiger partial charge on any atom is 0.223 e. The Kier molecular flexibility index (Phi) is 8.43. The Hall–Kier alpha value is -2.08. The summed E-state index contributed by atoms with van der Waals surface area (Å²) in [5.74, 6) is 1.90. The van der Waals surface area contributed by atoms with Crippen molar-refractivity contribution in [3.05, 3.63) is 29.8 Å². The Morgan fingerprint density at radius 1 is 0.938 bits per heavy atom. The Morgan fingerprint density at radius 3 is 2.38 bits per heavy atom. The summed E-state index contributed by atoms with van der Waals surface area (Å²) in [6, 6.07) is 8.72. The second-order valence-corrected chi connectivity index (χ2v) is 9.79. The SMILES string of the molecule is O=CN1CCN(Cc2ccc(OCC[C@H]3CCCCN3C(=O)CC3CCCC3)cc2)CC1. The van der Waals surface area contributed by atoms with Crippen molar-refractivity contribution in [1.29, 1.82) is 0 Å². The molecular formula is C26H39N3O3. The van der Waals surface area contributed by atoms with E-state index in [1.807, 2.05) is 4.90 Å². The maximum atomic E-state index is 12.9. The van der Waals surface area contributed by atoms with E-state index in [1.54, 1.807) is 0 Å². The number of benzene rings is 1. The van der Waals surface area contributed by atoms with Gasteiger partial charge < -0.3 is 14.5 Å². The first kappa shape index (κ1) is 23.1. The van der Waals surface area contributed by atoms with E-state index >= 15 is 0 Å². The zero-order valence-corrected chi connectivity index (χ0v) is 19.4. The molecule has 0 unspecified atom stereocenters. The molecule has 176 valence electrons. The quantitative estimate of drug-likeness (QED) is 0.549. The van der Waals surface area contributed by atoms with E-state index in [0.717, 1.165) is 77.1 Å². The fourth-order valence-corrected chi connectivity index (χ4v) is 5.50. The molecule has 2 heterocycles. The highest BCUT2D eigenvalue weighted by Gasteiger charge is 2.29. The molecule has 0 bridgehead atoms. The zero-order valence-electron chi connectivity index (χ0n) is 19.4. The molecule has 0 aromatic heterocycles. The molecule has 1 aromatic carbocycles. The van der Waals surface area contributed by atoms with Gasteiger partial charge in [0.05, 0.1) is 6.61 Å². The van der Waals surface area contributed by atoms with Gasteiger partial charge in [0, 0.05) is 58.2 Å². The number of carbonyl (C=O) groups excluding carboxylic acids is 2. The minimum absolute atomic E-state index is 0.335. The molecule has 0 spiro atoms. The standard InChI is InChI=1S/C26H39N3O3/c30-21-28-16-14-27(15-17-28)20-23-8-10-25(11-9-23)32-18-12-24-7-3-4-13-29(24)26(31)19-22-5-1-2-6-22/h8-11,21-22,24H,1-7,12-20H2/t24-/m1/s1. The molecule has 2 aliphatic heterocycles. The topological polar surface area (TPSA) is 53.1 Å². The summed E-state index contributed by atoms with van der Waals surface area (Å²) in [4.78, 5) is 30.1. The molecule has 1 aromatic rings. The summed E-state index contributed by atoms with van der Waals surface area (Å²) in [5, 5.41) is 0. The van der Waals surface area contributed by atoms with Crippen LogP contribution in [0.15, 0.2) is 24.3 Å². The third-order valence-electron chi connectivity index (χ3n) is 7.49. The van der Waals surface area contributed by atoms with Gasteiger partial charge in [-0.1, -0.05) is 25.0 Å². The van der Waals surface area contributed by atoms with Crippen LogP contribution in [0.2, 0.25) is 0 Å². The van der Waals surface area contributed by atoms with E-state index in [2.05, 4.69) is 34.1 Å². The lowest BCUT2D eigenvalue weighted by Crippen LogP contribution is -2.45. The van der Waals surface area contributed by atoms with E-state index in [0.29, 0.717) is 24.5 Å². The average molecular weight is 442 g/mol. The van der Waals surface area contributed by atoms with Gasteiger partial charge in [0.1, 0.15) is 5.75 Å². The number of rotatable bonds is 9. The second-order valence-electron chi connectivity index (χ2n) is 9.79. The Bertz CT molecular complexity index is 724. The van der Waals surface area contributed by atoms with Gasteiger partial charge >= 0.3 is 0 Å². The van der Waals surface area contributed by atoms with Crippen LogP contribution in [-0.4, -0.2) is 72.4 Å².